The highest BCUT2D eigenvalue weighted by Gasteiger charge is 2.25. The summed E-state index contributed by atoms with van der Waals surface area (Å²) in [4.78, 5) is 13.3. The maximum atomic E-state index is 10.9. The maximum Gasteiger partial charge on any atom is 0.303 e. The molecule has 116 valence electrons. The van der Waals surface area contributed by atoms with Crippen molar-refractivity contribution in [3.05, 3.63) is 35.4 Å². The molecule has 0 saturated carbocycles. The molecule has 0 aliphatic carbocycles. The van der Waals surface area contributed by atoms with Crippen LogP contribution in [0.25, 0.3) is 0 Å². The molecular weight excluding hydrogens is 262 g/mol. The Bertz CT molecular complexity index is 455. The number of aliphatic carboxylic acids is 1. The van der Waals surface area contributed by atoms with Crippen molar-refractivity contribution in [2.45, 2.75) is 52.0 Å². The van der Waals surface area contributed by atoms with Crippen molar-refractivity contribution in [1.82, 2.24) is 4.90 Å². The van der Waals surface area contributed by atoms with Crippen molar-refractivity contribution in [1.29, 1.82) is 0 Å². The van der Waals surface area contributed by atoms with Crippen molar-refractivity contribution in [2.75, 3.05) is 13.1 Å². The van der Waals surface area contributed by atoms with Gasteiger partial charge in [-0.05, 0) is 49.8 Å². The first-order chi connectivity index (χ1) is 10.1. The Labute approximate surface area is 128 Å². The summed E-state index contributed by atoms with van der Waals surface area (Å²) in [6, 6.07) is 9.30. The van der Waals surface area contributed by atoms with E-state index in [0.717, 1.165) is 32.4 Å². The van der Waals surface area contributed by atoms with Crippen LogP contribution in [-0.4, -0.2) is 29.1 Å². The number of aryl methyl sites for hydroxylation is 1. The molecule has 0 bridgehead atoms. The monoisotopic (exact) mass is 289 g/mol. The number of piperidine rings is 1. The van der Waals surface area contributed by atoms with Gasteiger partial charge in [0.2, 0.25) is 0 Å². The van der Waals surface area contributed by atoms with E-state index in [1.807, 2.05) is 0 Å². The van der Waals surface area contributed by atoms with Gasteiger partial charge in [-0.15, -0.1) is 0 Å². The van der Waals surface area contributed by atoms with E-state index in [2.05, 4.69) is 43.0 Å². The highest BCUT2D eigenvalue weighted by Crippen LogP contribution is 2.28. The van der Waals surface area contributed by atoms with E-state index in [1.54, 1.807) is 0 Å². The molecular formula is C18H27NO2. The van der Waals surface area contributed by atoms with Gasteiger partial charge in [-0.1, -0.05) is 37.6 Å². The van der Waals surface area contributed by atoms with Crippen LogP contribution in [0.1, 0.15) is 56.7 Å². The SMILES string of the molecule is CCCc1ccc(C(C)N2CCCC(CC(=O)O)C2)cc1. The zero-order valence-corrected chi connectivity index (χ0v) is 13.2. The lowest BCUT2D eigenvalue weighted by Crippen LogP contribution is -2.37. The van der Waals surface area contributed by atoms with E-state index < -0.39 is 5.97 Å². The summed E-state index contributed by atoms with van der Waals surface area (Å²) in [7, 11) is 0. The molecule has 1 fully saturated rings. The van der Waals surface area contributed by atoms with Gasteiger partial charge in [-0.25, -0.2) is 0 Å². The number of carboxylic acid groups (broad SMARTS) is 1. The van der Waals surface area contributed by atoms with E-state index in [-0.39, 0.29) is 0 Å². The van der Waals surface area contributed by atoms with E-state index in [0.29, 0.717) is 18.4 Å². The molecule has 1 aliphatic heterocycles. The quantitative estimate of drug-likeness (QED) is 0.863. The molecule has 0 spiro atoms. The third-order valence-electron chi connectivity index (χ3n) is 4.56. The van der Waals surface area contributed by atoms with Crippen LogP contribution < -0.4 is 0 Å². The van der Waals surface area contributed by atoms with Crippen LogP contribution in [0.2, 0.25) is 0 Å². The van der Waals surface area contributed by atoms with Gasteiger partial charge in [-0.3, -0.25) is 9.69 Å². The fourth-order valence-electron chi connectivity index (χ4n) is 3.32. The summed E-state index contributed by atoms with van der Waals surface area (Å²) in [6.45, 7) is 6.42. The normalized spacial score (nSPS) is 21.1. The van der Waals surface area contributed by atoms with E-state index >= 15 is 0 Å². The number of hydrogen-bond donors (Lipinski definition) is 1. The lowest BCUT2D eigenvalue weighted by molar-refractivity contribution is -0.138. The van der Waals surface area contributed by atoms with Gasteiger partial charge in [0, 0.05) is 19.0 Å². The lowest BCUT2D eigenvalue weighted by atomic mass is 9.92. The number of benzene rings is 1. The molecule has 1 aromatic carbocycles. The Morgan fingerprint density at radius 1 is 1.38 bits per heavy atom. The van der Waals surface area contributed by atoms with Crippen LogP contribution in [0, 0.1) is 5.92 Å². The number of hydrogen-bond acceptors (Lipinski definition) is 2. The number of likely N-dealkylation sites (tertiary alicyclic amines) is 1. The first-order valence-corrected chi connectivity index (χ1v) is 8.14. The Hall–Kier alpha value is -1.35. The molecule has 0 aromatic heterocycles. The zero-order chi connectivity index (χ0) is 15.2. The third-order valence-corrected chi connectivity index (χ3v) is 4.56. The van der Waals surface area contributed by atoms with Gasteiger partial charge in [0.05, 0.1) is 0 Å². The molecule has 2 rings (SSSR count). The minimum atomic E-state index is -0.668. The molecule has 1 N–H and O–H groups in total. The standard InChI is InChI=1S/C18H27NO2/c1-3-5-15-7-9-17(10-8-15)14(2)19-11-4-6-16(13-19)12-18(20)21/h7-10,14,16H,3-6,11-13H2,1-2H3,(H,20,21). The van der Waals surface area contributed by atoms with Gasteiger partial charge in [0.1, 0.15) is 0 Å². The predicted octanol–water partition coefficient (Wildman–Crippen LogP) is 3.89. The van der Waals surface area contributed by atoms with Crippen molar-refractivity contribution < 1.29 is 9.90 Å². The minimum absolute atomic E-state index is 0.304. The average Bonchev–Trinajstić information content (AvgIpc) is 2.47. The van der Waals surface area contributed by atoms with Gasteiger partial charge in [0.25, 0.3) is 0 Å². The fraction of sp³-hybridized carbons (Fsp3) is 0.611. The van der Waals surface area contributed by atoms with Gasteiger partial charge in [-0.2, -0.15) is 0 Å². The molecule has 1 aliphatic rings. The molecule has 0 radical (unpaired) electrons. The molecule has 21 heavy (non-hydrogen) atoms. The van der Waals surface area contributed by atoms with E-state index in [1.165, 1.54) is 17.5 Å². The molecule has 2 unspecified atom stereocenters. The Morgan fingerprint density at radius 3 is 2.71 bits per heavy atom. The lowest BCUT2D eigenvalue weighted by Gasteiger charge is -2.36. The molecule has 1 heterocycles. The van der Waals surface area contributed by atoms with Crippen molar-refractivity contribution in [3.8, 4) is 0 Å². The first kappa shape index (κ1) is 16.0. The summed E-state index contributed by atoms with van der Waals surface area (Å²) in [5.74, 6) is -0.364. The van der Waals surface area contributed by atoms with Gasteiger partial charge >= 0.3 is 5.97 Å². The van der Waals surface area contributed by atoms with Gasteiger partial charge in [0.15, 0.2) is 0 Å². The third kappa shape index (κ3) is 4.57. The molecule has 1 aromatic rings. The number of carboxylic acids is 1. The molecule has 0 amide bonds. The number of carbonyl (C=O) groups is 1. The second-order valence-electron chi connectivity index (χ2n) is 6.27. The Morgan fingerprint density at radius 2 is 2.10 bits per heavy atom. The molecule has 3 nitrogen and oxygen atoms in total. The van der Waals surface area contributed by atoms with Crippen molar-refractivity contribution in [3.63, 3.8) is 0 Å². The average molecular weight is 289 g/mol. The summed E-state index contributed by atoms with van der Waals surface area (Å²) in [5.41, 5.74) is 2.74. The Kier molecular flexibility index (Phi) is 5.80. The first-order valence-electron chi connectivity index (χ1n) is 8.14. The second-order valence-corrected chi connectivity index (χ2v) is 6.27. The van der Waals surface area contributed by atoms with Gasteiger partial charge < -0.3 is 5.11 Å². The van der Waals surface area contributed by atoms with Crippen molar-refractivity contribution in [2.24, 2.45) is 5.92 Å². The van der Waals surface area contributed by atoms with Crippen LogP contribution >= 0.6 is 0 Å². The zero-order valence-electron chi connectivity index (χ0n) is 13.2. The van der Waals surface area contributed by atoms with Crippen LogP contribution in [-0.2, 0) is 11.2 Å². The summed E-state index contributed by atoms with van der Waals surface area (Å²) >= 11 is 0. The summed E-state index contributed by atoms with van der Waals surface area (Å²) < 4.78 is 0. The Balaban J connectivity index is 1.98. The second kappa shape index (κ2) is 7.60. The molecule has 1 saturated heterocycles. The molecule has 2 atom stereocenters. The van der Waals surface area contributed by atoms with Crippen LogP contribution in [0.15, 0.2) is 24.3 Å². The molecule has 3 heteroatoms. The van der Waals surface area contributed by atoms with Crippen LogP contribution in [0.5, 0.6) is 0 Å². The highest BCUT2D eigenvalue weighted by molar-refractivity contribution is 5.67. The van der Waals surface area contributed by atoms with E-state index in [4.69, 9.17) is 5.11 Å². The largest absolute Gasteiger partial charge is 0.481 e. The number of nitrogens with zero attached hydrogens (tertiary/aromatic N) is 1. The summed E-state index contributed by atoms with van der Waals surface area (Å²) in [6.07, 6.45) is 4.77. The van der Waals surface area contributed by atoms with E-state index in [9.17, 15) is 4.79 Å². The number of rotatable bonds is 6. The highest BCUT2D eigenvalue weighted by atomic mass is 16.4. The summed E-state index contributed by atoms with van der Waals surface area (Å²) in [5, 5.41) is 8.97. The topological polar surface area (TPSA) is 40.5 Å². The predicted molar refractivity (Wildman–Crippen MR) is 85.4 cm³/mol. The van der Waals surface area contributed by atoms with Crippen LogP contribution in [0.4, 0.5) is 0 Å². The van der Waals surface area contributed by atoms with Crippen molar-refractivity contribution >= 4 is 5.97 Å². The smallest absolute Gasteiger partial charge is 0.303 e. The minimum Gasteiger partial charge on any atom is -0.481 e. The fourth-order valence-corrected chi connectivity index (χ4v) is 3.32. The maximum absolute atomic E-state index is 10.9. The van der Waals surface area contributed by atoms with Crippen LogP contribution in [0.3, 0.4) is 0 Å².